The van der Waals surface area contributed by atoms with Gasteiger partial charge >= 0.3 is 0 Å². The second-order valence-electron chi connectivity index (χ2n) is 8.62. The molecule has 0 amide bonds. The van der Waals surface area contributed by atoms with Crippen molar-refractivity contribution in [3.8, 4) is 0 Å². The third-order valence-corrected chi connectivity index (χ3v) is 3.91. The summed E-state index contributed by atoms with van der Waals surface area (Å²) >= 11 is 0. The van der Waals surface area contributed by atoms with Crippen molar-refractivity contribution in [1.29, 1.82) is 0 Å². The molecule has 0 atom stereocenters. The van der Waals surface area contributed by atoms with Gasteiger partial charge in [-0.05, 0) is 58.3 Å². The van der Waals surface area contributed by atoms with Gasteiger partial charge in [0.1, 0.15) is 0 Å². The molecule has 1 fully saturated rings. The zero-order valence-corrected chi connectivity index (χ0v) is 14.7. The third-order valence-electron chi connectivity index (χ3n) is 3.91. The Morgan fingerprint density at radius 3 is 2.05 bits per heavy atom. The summed E-state index contributed by atoms with van der Waals surface area (Å²) in [5, 5.41) is 0. The molecular formula is C19H36O. The molecule has 0 radical (unpaired) electrons. The minimum Gasteiger partial charge on any atom is -0.369 e. The molecule has 1 saturated carbocycles. The van der Waals surface area contributed by atoms with Crippen LogP contribution in [0.2, 0.25) is 0 Å². The Morgan fingerprint density at radius 2 is 1.55 bits per heavy atom. The summed E-state index contributed by atoms with van der Waals surface area (Å²) in [5.74, 6) is 0. The first-order valence-electron chi connectivity index (χ1n) is 8.50. The number of rotatable bonds is 5. The minimum atomic E-state index is -0.0153. The molecule has 0 aromatic rings. The highest BCUT2D eigenvalue weighted by molar-refractivity contribution is 4.93. The van der Waals surface area contributed by atoms with Gasteiger partial charge in [-0.3, -0.25) is 0 Å². The molecule has 118 valence electrons. The van der Waals surface area contributed by atoms with Gasteiger partial charge in [0.2, 0.25) is 0 Å². The summed E-state index contributed by atoms with van der Waals surface area (Å²) in [5.41, 5.74) is 0.453. The smallest absolute Gasteiger partial charge is 0.0689 e. The second kappa shape index (κ2) is 7.11. The first-order chi connectivity index (χ1) is 9.12. The van der Waals surface area contributed by atoms with Crippen molar-refractivity contribution < 1.29 is 4.74 Å². The Balaban J connectivity index is 2.47. The van der Waals surface area contributed by atoms with Gasteiger partial charge in [-0.15, -0.1) is 0 Å². The Morgan fingerprint density at radius 1 is 0.950 bits per heavy atom. The maximum absolute atomic E-state index is 6.49. The van der Waals surface area contributed by atoms with E-state index in [1.165, 1.54) is 51.4 Å². The molecule has 0 aliphatic heterocycles. The van der Waals surface area contributed by atoms with Crippen LogP contribution in [0.4, 0.5) is 0 Å². The Hall–Kier alpha value is -0.300. The molecule has 1 nitrogen and oxygen atoms in total. The molecule has 1 aliphatic rings. The normalized spacial score (nSPS) is 20.5. The average molecular weight is 280 g/mol. The summed E-state index contributed by atoms with van der Waals surface area (Å²) in [7, 11) is 0. The Bertz CT molecular complexity index is 295. The van der Waals surface area contributed by atoms with Crippen LogP contribution in [0, 0.1) is 5.41 Å². The minimum absolute atomic E-state index is 0.0153. The lowest BCUT2D eigenvalue weighted by Gasteiger charge is -2.42. The van der Waals surface area contributed by atoms with Gasteiger partial charge in [0.05, 0.1) is 11.2 Å². The van der Waals surface area contributed by atoms with Crippen LogP contribution in [-0.2, 0) is 4.74 Å². The number of unbranched alkanes of at least 4 members (excludes halogenated alkanes) is 1. The van der Waals surface area contributed by atoms with E-state index in [9.17, 15) is 0 Å². The standard InChI is InChI=1S/C19H36O/c1-17(2,3)13-9-7-10-14-19(20-18(4,5)6)15-11-8-12-16-19/h9,13H,7-8,10-12,14-16H2,1-6H3/b13-9+. The van der Waals surface area contributed by atoms with Gasteiger partial charge in [0, 0.05) is 0 Å². The first-order valence-corrected chi connectivity index (χ1v) is 8.50. The molecule has 1 heteroatoms. The molecule has 1 aliphatic carbocycles. The van der Waals surface area contributed by atoms with Crippen LogP contribution in [-0.4, -0.2) is 11.2 Å². The lowest BCUT2D eigenvalue weighted by atomic mass is 9.80. The Labute approximate surface area is 127 Å². The highest BCUT2D eigenvalue weighted by atomic mass is 16.5. The highest BCUT2D eigenvalue weighted by Crippen LogP contribution is 2.38. The van der Waals surface area contributed by atoms with Crippen LogP contribution in [0.3, 0.4) is 0 Å². The van der Waals surface area contributed by atoms with Crippen molar-refractivity contribution in [3.05, 3.63) is 12.2 Å². The average Bonchev–Trinajstić information content (AvgIpc) is 2.25. The molecule has 0 aromatic heterocycles. The molecule has 0 spiro atoms. The highest BCUT2D eigenvalue weighted by Gasteiger charge is 2.35. The molecule has 0 aromatic carbocycles. The molecule has 20 heavy (non-hydrogen) atoms. The fourth-order valence-corrected chi connectivity index (χ4v) is 3.23. The van der Waals surface area contributed by atoms with Crippen LogP contribution in [0.1, 0.15) is 92.9 Å². The monoisotopic (exact) mass is 280 g/mol. The maximum atomic E-state index is 6.49. The van der Waals surface area contributed by atoms with Crippen molar-refractivity contribution in [2.45, 2.75) is 104 Å². The van der Waals surface area contributed by atoms with Crippen molar-refractivity contribution in [2.75, 3.05) is 0 Å². The van der Waals surface area contributed by atoms with E-state index in [1.54, 1.807) is 0 Å². The van der Waals surface area contributed by atoms with E-state index in [4.69, 9.17) is 4.74 Å². The molecular weight excluding hydrogens is 244 g/mol. The molecule has 0 saturated heterocycles. The van der Waals surface area contributed by atoms with Gasteiger partial charge in [-0.2, -0.15) is 0 Å². The van der Waals surface area contributed by atoms with Gasteiger partial charge < -0.3 is 4.74 Å². The van der Waals surface area contributed by atoms with Gasteiger partial charge in [-0.25, -0.2) is 0 Å². The number of ether oxygens (including phenoxy) is 1. The van der Waals surface area contributed by atoms with E-state index in [0.29, 0.717) is 5.41 Å². The second-order valence-corrected chi connectivity index (χ2v) is 8.62. The molecule has 0 bridgehead atoms. The van der Waals surface area contributed by atoms with Crippen molar-refractivity contribution >= 4 is 0 Å². The lowest BCUT2D eigenvalue weighted by Crippen LogP contribution is -2.41. The first kappa shape index (κ1) is 17.8. The number of hydrogen-bond donors (Lipinski definition) is 0. The summed E-state index contributed by atoms with van der Waals surface area (Å²) in [6, 6.07) is 0. The topological polar surface area (TPSA) is 9.23 Å². The largest absolute Gasteiger partial charge is 0.369 e. The SMILES string of the molecule is CC(C)(C)/C=C/CCCC1(OC(C)(C)C)CCCCC1. The van der Waals surface area contributed by atoms with E-state index in [-0.39, 0.29) is 11.2 Å². The zero-order chi connectivity index (χ0) is 15.3. The predicted molar refractivity (Wildman–Crippen MR) is 89.1 cm³/mol. The Kier molecular flexibility index (Phi) is 6.31. The molecule has 1 rings (SSSR count). The van der Waals surface area contributed by atoms with E-state index >= 15 is 0 Å². The van der Waals surface area contributed by atoms with Crippen LogP contribution in [0.25, 0.3) is 0 Å². The van der Waals surface area contributed by atoms with Crippen LogP contribution < -0.4 is 0 Å². The quantitative estimate of drug-likeness (QED) is 0.425. The van der Waals surface area contributed by atoms with Crippen LogP contribution in [0.15, 0.2) is 12.2 Å². The van der Waals surface area contributed by atoms with E-state index in [2.05, 4.69) is 53.7 Å². The summed E-state index contributed by atoms with van der Waals surface area (Å²) < 4.78 is 6.49. The molecule has 0 unspecified atom stereocenters. The molecule has 0 N–H and O–H groups in total. The summed E-state index contributed by atoms with van der Waals surface area (Å²) in [6.07, 6.45) is 14.9. The summed E-state index contributed by atoms with van der Waals surface area (Å²) in [4.78, 5) is 0. The van der Waals surface area contributed by atoms with E-state index in [0.717, 1.165) is 0 Å². The van der Waals surface area contributed by atoms with Gasteiger partial charge in [0.25, 0.3) is 0 Å². The van der Waals surface area contributed by atoms with Crippen LogP contribution in [0.5, 0.6) is 0 Å². The van der Waals surface area contributed by atoms with Crippen molar-refractivity contribution in [2.24, 2.45) is 5.41 Å². The third kappa shape index (κ3) is 7.47. The van der Waals surface area contributed by atoms with Crippen molar-refractivity contribution in [3.63, 3.8) is 0 Å². The van der Waals surface area contributed by atoms with Gasteiger partial charge in [-0.1, -0.05) is 52.2 Å². The van der Waals surface area contributed by atoms with E-state index < -0.39 is 0 Å². The number of hydrogen-bond acceptors (Lipinski definition) is 1. The van der Waals surface area contributed by atoms with Crippen LogP contribution >= 0.6 is 0 Å². The van der Waals surface area contributed by atoms with E-state index in [1.807, 2.05) is 0 Å². The fraction of sp³-hybridized carbons (Fsp3) is 0.895. The fourth-order valence-electron chi connectivity index (χ4n) is 3.23. The molecule has 0 heterocycles. The number of allylic oxidation sites excluding steroid dienone is 2. The lowest BCUT2D eigenvalue weighted by molar-refractivity contribution is -0.152. The predicted octanol–water partition coefficient (Wildman–Crippen LogP) is 6.28. The van der Waals surface area contributed by atoms with Crippen molar-refractivity contribution in [1.82, 2.24) is 0 Å². The summed E-state index contributed by atoms with van der Waals surface area (Å²) in [6.45, 7) is 13.4. The van der Waals surface area contributed by atoms with Gasteiger partial charge in [0.15, 0.2) is 0 Å². The maximum Gasteiger partial charge on any atom is 0.0689 e. The zero-order valence-electron chi connectivity index (χ0n) is 14.7.